The van der Waals surface area contributed by atoms with E-state index in [0.717, 1.165) is 5.56 Å². The maximum Gasteiger partial charge on any atom is 0.344 e. The van der Waals surface area contributed by atoms with E-state index in [9.17, 15) is 9.59 Å². The maximum atomic E-state index is 11.9. The molecule has 0 saturated heterocycles. The SMILES string of the molecule is CC(C)OC(=O)COc1ccc(/C=N\NC(=O)c2ccc(Cl)cc2)cc1. The largest absolute Gasteiger partial charge is 0.482 e. The fraction of sp³-hybridized carbons (Fsp3) is 0.211. The first-order valence-electron chi connectivity index (χ1n) is 7.95. The zero-order chi connectivity index (χ0) is 18.9. The molecule has 7 heteroatoms. The van der Waals surface area contributed by atoms with Gasteiger partial charge in [0, 0.05) is 10.6 Å². The number of ether oxygens (including phenoxy) is 2. The Hall–Kier alpha value is -2.86. The molecule has 26 heavy (non-hydrogen) atoms. The Balaban J connectivity index is 1.82. The van der Waals surface area contributed by atoms with Gasteiger partial charge >= 0.3 is 5.97 Å². The number of halogens is 1. The Morgan fingerprint density at radius 3 is 2.38 bits per heavy atom. The number of amides is 1. The molecule has 2 rings (SSSR count). The van der Waals surface area contributed by atoms with Crippen LogP contribution in [0.15, 0.2) is 53.6 Å². The Kier molecular flexibility index (Phi) is 7.17. The van der Waals surface area contributed by atoms with Gasteiger partial charge in [0.2, 0.25) is 0 Å². The van der Waals surface area contributed by atoms with Crippen LogP contribution in [-0.2, 0) is 9.53 Å². The van der Waals surface area contributed by atoms with Crippen molar-refractivity contribution in [2.24, 2.45) is 5.10 Å². The molecule has 2 aromatic carbocycles. The highest BCUT2D eigenvalue weighted by Gasteiger charge is 2.06. The fourth-order valence-corrected chi connectivity index (χ4v) is 2.05. The molecule has 0 radical (unpaired) electrons. The first kappa shape index (κ1) is 19.5. The van der Waals surface area contributed by atoms with Crippen molar-refractivity contribution >= 4 is 29.7 Å². The summed E-state index contributed by atoms with van der Waals surface area (Å²) in [4.78, 5) is 23.3. The van der Waals surface area contributed by atoms with Gasteiger partial charge in [-0.2, -0.15) is 5.10 Å². The third-order valence-corrected chi connectivity index (χ3v) is 3.34. The van der Waals surface area contributed by atoms with E-state index < -0.39 is 5.97 Å². The van der Waals surface area contributed by atoms with Crippen LogP contribution in [0.3, 0.4) is 0 Å². The minimum atomic E-state index is -0.421. The van der Waals surface area contributed by atoms with Gasteiger partial charge in [-0.25, -0.2) is 10.2 Å². The lowest BCUT2D eigenvalue weighted by molar-refractivity contribution is -0.149. The minimum Gasteiger partial charge on any atom is -0.482 e. The summed E-state index contributed by atoms with van der Waals surface area (Å²) in [6.45, 7) is 3.40. The summed E-state index contributed by atoms with van der Waals surface area (Å²) >= 11 is 5.78. The monoisotopic (exact) mass is 374 g/mol. The third kappa shape index (κ3) is 6.57. The van der Waals surface area contributed by atoms with Gasteiger partial charge in [-0.3, -0.25) is 4.79 Å². The van der Waals surface area contributed by atoms with Crippen LogP contribution < -0.4 is 10.2 Å². The van der Waals surface area contributed by atoms with E-state index >= 15 is 0 Å². The lowest BCUT2D eigenvalue weighted by atomic mass is 10.2. The summed E-state index contributed by atoms with van der Waals surface area (Å²) in [6, 6.07) is 13.4. The standard InChI is InChI=1S/C19H19ClN2O4/c1-13(2)26-18(23)12-25-17-9-3-14(4-10-17)11-21-22-19(24)15-5-7-16(20)8-6-15/h3-11,13H,12H2,1-2H3,(H,22,24)/b21-11-. The van der Waals surface area contributed by atoms with Gasteiger partial charge in [-0.15, -0.1) is 0 Å². The molecule has 6 nitrogen and oxygen atoms in total. The van der Waals surface area contributed by atoms with Crippen LogP contribution in [0.1, 0.15) is 29.8 Å². The average Bonchev–Trinajstić information content (AvgIpc) is 2.61. The number of hydrazone groups is 1. The van der Waals surface area contributed by atoms with Crippen molar-refractivity contribution in [1.29, 1.82) is 0 Å². The molecule has 0 fully saturated rings. The summed E-state index contributed by atoms with van der Waals surface area (Å²) in [5.74, 6) is -0.217. The van der Waals surface area contributed by atoms with E-state index in [1.54, 1.807) is 62.4 Å². The average molecular weight is 375 g/mol. The van der Waals surface area contributed by atoms with Crippen molar-refractivity contribution in [3.05, 3.63) is 64.7 Å². The Morgan fingerprint density at radius 1 is 1.12 bits per heavy atom. The number of benzene rings is 2. The van der Waals surface area contributed by atoms with Crippen molar-refractivity contribution < 1.29 is 19.1 Å². The zero-order valence-electron chi connectivity index (χ0n) is 14.4. The van der Waals surface area contributed by atoms with E-state index in [1.165, 1.54) is 6.21 Å². The van der Waals surface area contributed by atoms with Gasteiger partial charge in [0.25, 0.3) is 5.91 Å². The molecule has 0 aliphatic heterocycles. The number of carbonyl (C=O) groups is 2. The van der Waals surface area contributed by atoms with E-state index in [0.29, 0.717) is 16.3 Å². The topological polar surface area (TPSA) is 77.0 Å². The third-order valence-electron chi connectivity index (χ3n) is 3.09. The van der Waals surface area contributed by atoms with E-state index in [-0.39, 0.29) is 18.6 Å². The van der Waals surface area contributed by atoms with Crippen molar-refractivity contribution in [2.75, 3.05) is 6.61 Å². The lowest BCUT2D eigenvalue weighted by Crippen LogP contribution is -2.18. The highest BCUT2D eigenvalue weighted by molar-refractivity contribution is 6.30. The number of nitrogens with zero attached hydrogens (tertiary/aromatic N) is 1. The van der Waals surface area contributed by atoms with Crippen LogP contribution in [0, 0.1) is 0 Å². The quantitative estimate of drug-likeness (QED) is 0.457. The van der Waals surface area contributed by atoms with Gasteiger partial charge in [-0.1, -0.05) is 11.6 Å². The molecule has 1 N–H and O–H groups in total. The highest BCUT2D eigenvalue weighted by Crippen LogP contribution is 2.11. The molecule has 0 saturated carbocycles. The minimum absolute atomic E-state index is 0.150. The molecule has 0 bridgehead atoms. The number of rotatable bonds is 7. The molecule has 0 unspecified atom stereocenters. The van der Waals surface area contributed by atoms with Crippen LogP contribution in [-0.4, -0.2) is 30.8 Å². The second-order valence-electron chi connectivity index (χ2n) is 5.60. The smallest absolute Gasteiger partial charge is 0.344 e. The second-order valence-corrected chi connectivity index (χ2v) is 6.04. The first-order valence-corrected chi connectivity index (χ1v) is 8.33. The molecule has 136 valence electrons. The highest BCUT2D eigenvalue weighted by atomic mass is 35.5. The summed E-state index contributed by atoms with van der Waals surface area (Å²) in [5.41, 5.74) is 3.66. The Labute approximate surface area is 156 Å². The van der Waals surface area contributed by atoms with Crippen LogP contribution in [0.4, 0.5) is 0 Å². The number of nitrogens with one attached hydrogen (secondary N) is 1. The normalized spacial score (nSPS) is 10.8. The van der Waals surface area contributed by atoms with Crippen molar-refractivity contribution in [3.8, 4) is 5.75 Å². The van der Waals surface area contributed by atoms with Crippen LogP contribution in [0.25, 0.3) is 0 Å². The molecule has 1 amide bonds. The lowest BCUT2D eigenvalue weighted by Gasteiger charge is -2.09. The Morgan fingerprint density at radius 2 is 1.77 bits per heavy atom. The summed E-state index contributed by atoms with van der Waals surface area (Å²) in [6.07, 6.45) is 1.33. The van der Waals surface area contributed by atoms with Crippen LogP contribution in [0.2, 0.25) is 5.02 Å². The van der Waals surface area contributed by atoms with Gasteiger partial charge < -0.3 is 9.47 Å². The summed E-state index contributed by atoms with van der Waals surface area (Å²) in [7, 11) is 0. The number of hydrogen-bond donors (Lipinski definition) is 1. The van der Waals surface area contributed by atoms with Gasteiger partial charge in [0.15, 0.2) is 6.61 Å². The number of esters is 1. The first-order chi connectivity index (χ1) is 12.4. The fourth-order valence-electron chi connectivity index (χ4n) is 1.92. The van der Waals surface area contributed by atoms with Crippen LogP contribution >= 0.6 is 11.6 Å². The van der Waals surface area contributed by atoms with Crippen molar-refractivity contribution in [3.63, 3.8) is 0 Å². The molecule has 0 heterocycles. The molecular weight excluding hydrogens is 356 g/mol. The van der Waals surface area contributed by atoms with Crippen LogP contribution in [0.5, 0.6) is 5.75 Å². The van der Waals surface area contributed by atoms with Gasteiger partial charge in [-0.05, 0) is 67.9 Å². The van der Waals surface area contributed by atoms with E-state index in [4.69, 9.17) is 21.1 Å². The summed E-state index contributed by atoms with van der Waals surface area (Å²) < 4.78 is 10.3. The summed E-state index contributed by atoms with van der Waals surface area (Å²) in [5, 5.41) is 4.46. The van der Waals surface area contributed by atoms with Crippen molar-refractivity contribution in [2.45, 2.75) is 20.0 Å². The second kappa shape index (κ2) is 9.58. The maximum absolute atomic E-state index is 11.9. The predicted octanol–water partition coefficient (Wildman–Crippen LogP) is 3.43. The van der Waals surface area contributed by atoms with E-state index in [1.807, 2.05) is 0 Å². The number of hydrogen-bond acceptors (Lipinski definition) is 5. The predicted molar refractivity (Wildman–Crippen MR) is 99.7 cm³/mol. The molecular formula is C19H19ClN2O4. The molecule has 0 aliphatic rings. The molecule has 0 aromatic heterocycles. The molecule has 2 aromatic rings. The van der Waals surface area contributed by atoms with Crippen molar-refractivity contribution in [1.82, 2.24) is 5.43 Å². The Bertz CT molecular complexity index is 771. The number of carbonyl (C=O) groups excluding carboxylic acids is 2. The molecule has 0 spiro atoms. The van der Waals surface area contributed by atoms with Gasteiger partial charge in [0.1, 0.15) is 5.75 Å². The molecule has 0 atom stereocenters. The molecule has 0 aliphatic carbocycles. The zero-order valence-corrected chi connectivity index (χ0v) is 15.2. The van der Waals surface area contributed by atoms with E-state index in [2.05, 4.69) is 10.5 Å². The van der Waals surface area contributed by atoms with Gasteiger partial charge in [0.05, 0.1) is 12.3 Å².